The zero-order chi connectivity index (χ0) is 22.8. The summed E-state index contributed by atoms with van der Waals surface area (Å²) >= 11 is 5.75. The topological polar surface area (TPSA) is 153 Å². The first-order valence-corrected chi connectivity index (χ1v) is 10.7. The third-order valence-electron chi connectivity index (χ3n) is 4.32. The number of rotatable bonds is 8. The summed E-state index contributed by atoms with van der Waals surface area (Å²) in [7, 11) is -4.23. The van der Waals surface area contributed by atoms with Crippen LogP contribution in [0.15, 0.2) is 53.4 Å². The van der Waals surface area contributed by atoms with Crippen molar-refractivity contribution in [3.05, 3.63) is 64.7 Å². The minimum absolute atomic E-state index is 0.0377. The van der Waals surface area contributed by atoms with Crippen molar-refractivity contribution in [2.75, 3.05) is 0 Å². The van der Waals surface area contributed by atoms with E-state index in [1.165, 1.54) is 48.5 Å². The Morgan fingerprint density at radius 2 is 1.58 bits per heavy atom. The molecular weight excluding hydrogens is 450 g/mol. The van der Waals surface area contributed by atoms with Crippen LogP contribution in [0, 0.1) is 0 Å². The minimum Gasteiger partial charge on any atom is -0.370 e. The number of nitrogens with one attached hydrogen (secondary N) is 1. The Balaban J connectivity index is 1.81. The lowest BCUT2D eigenvalue weighted by atomic mass is 10.1. The summed E-state index contributed by atoms with van der Waals surface area (Å²) in [5, 5.41) is 0.551. The number of carbonyl (C=O) groups is 4. The van der Waals surface area contributed by atoms with Gasteiger partial charge in [-0.1, -0.05) is 28.8 Å². The first kappa shape index (κ1) is 22.4. The summed E-state index contributed by atoms with van der Waals surface area (Å²) in [5.41, 5.74) is 5.17. The Morgan fingerprint density at radius 3 is 2.10 bits per heavy atom. The standard InChI is InChI=1S/C19H16ClN3O7S/c20-11-5-7-12(8-6-11)31(28,29)22-15(9-10-16(21)24)19(27)30-23-17(25)13-3-1-2-4-14(13)18(23)26/h1-8,15,22H,9-10H2,(H2,21,24). The van der Waals surface area contributed by atoms with E-state index in [1.54, 1.807) is 0 Å². The van der Waals surface area contributed by atoms with Crippen molar-refractivity contribution in [1.29, 1.82) is 0 Å². The number of hydrogen-bond acceptors (Lipinski definition) is 7. The molecule has 0 radical (unpaired) electrons. The highest BCUT2D eigenvalue weighted by atomic mass is 35.5. The Bertz CT molecular complexity index is 1130. The summed E-state index contributed by atoms with van der Waals surface area (Å²) in [6.07, 6.45) is -0.713. The zero-order valence-corrected chi connectivity index (χ0v) is 17.4. The molecule has 162 valence electrons. The highest BCUT2D eigenvalue weighted by molar-refractivity contribution is 7.89. The number of halogens is 1. The maximum atomic E-state index is 12.6. The summed E-state index contributed by atoms with van der Waals surface area (Å²) in [4.78, 5) is 53.3. The number of nitrogens with zero attached hydrogens (tertiary/aromatic N) is 1. The van der Waals surface area contributed by atoms with E-state index in [1.807, 2.05) is 0 Å². The monoisotopic (exact) mass is 465 g/mol. The lowest BCUT2D eigenvalue weighted by molar-refractivity contribution is -0.170. The molecule has 3 rings (SSSR count). The average molecular weight is 466 g/mol. The van der Waals surface area contributed by atoms with Gasteiger partial charge in [0, 0.05) is 11.4 Å². The molecule has 2 aromatic carbocycles. The molecule has 0 bridgehead atoms. The third kappa shape index (κ3) is 4.90. The molecule has 0 aromatic heterocycles. The van der Waals surface area contributed by atoms with Gasteiger partial charge in [-0.15, -0.1) is 0 Å². The van der Waals surface area contributed by atoms with Crippen LogP contribution >= 0.6 is 11.6 Å². The van der Waals surface area contributed by atoms with Crippen molar-refractivity contribution in [3.8, 4) is 0 Å². The molecule has 0 fully saturated rings. The molecular formula is C19H16ClN3O7S. The van der Waals surface area contributed by atoms with Crippen molar-refractivity contribution in [1.82, 2.24) is 9.79 Å². The first-order valence-electron chi connectivity index (χ1n) is 8.86. The minimum atomic E-state index is -4.23. The van der Waals surface area contributed by atoms with Gasteiger partial charge >= 0.3 is 5.97 Å². The van der Waals surface area contributed by atoms with Crippen LogP contribution in [0.5, 0.6) is 0 Å². The number of fused-ring (bicyclic) bond motifs is 1. The van der Waals surface area contributed by atoms with Gasteiger partial charge in [-0.3, -0.25) is 14.4 Å². The number of amides is 3. The molecule has 10 nitrogen and oxygen atoms in total. The van der Waals surface area contributed by atoms with Gasteiger partial charge in [0.25, 0.3) is 11.8 Å². The highest BCUT2D eigenvalue weighted by Crippen LogP contribution is 2.23. The Hall–Kier alpha value is -3.28. The smallest absolute Gasteiger partial charge is 0.351 e. The maximum Gasteiger partial charge on any atom is 0.351 e. The Kier molecular flexibility index (Phi) is 6.39. The second-order valence-electron chi connectivity index (χ2n) is 6.49. The second kappa shape index (κ2) is 8.84. The van der Waals surface area contributed by atoms with Gasteiger partial charge in [0.05, 0.1) is 16.0 Å². The first-order chi connectivity index (χ1) is 14.6. The van der Waals surface area contributed by atoms with Gasteiger partial charge in [0.1, 0.15) is 6.04 Å². The van der Waals surface area contributed by atoms with Crippen LogP contribution in [0.3, 0.4) is 0 Å². The summed E-state index contributed by atoms with van der Waals surface area (Å²) in [6, 6.07) is 9.34. The predicted octanol–water partition coefficient (Wildman–Crippen LogP) is 1.01. The van der Waals surface area contributed by atoms with Gasteiger partial charge in [-0.25, -0.2) is 13.2 Å². The molecule has 0 saturated carbocycles. The zero-order valence-electron chi connectivity index (χ0n) is 15.8. The van der Waals surface area contributed by atoms with E-state index in [-0.39, 0.29) is 33.9 Å². The van der Waals surface area contributed by atoms with Crippen LogP contribution in [-0.4, -0.2) is 43.2 Å². The quantitative estimate of drug-likeness (QED) is 0.551. The van der Waals surface area contributed by atoms with E-state index >= 15 is 0 Å². The number of hydrogen-bond donors (Lipinski definition) is 2. The van der Waals surface area contributed by atoms with Crippen molar-refractivity contribution in [2.45, 2.75) is 23.8 Å². The number of hydroxylamine groups is 2. The molecule has 2 aromatic rings. The SMILES string of the molecule is NC(=O)CCC(NS(=O)(=O)c1ccc(Cl)cc1)C(=O)ON1C(=O)c2ccccc2C1=O. The number of imide groups is 1. The number of benzene rings is 2. The molecule has 1 unspecified atom stereocenters. The molecule has 1 atom stereocenters. The molecule has 1 heterocycles. The lowest BCUT2D eigenvalue weighted by Gasteiger charge is -2.20. The predicted molar refractivity (Wildman–Crippen MR) is 107 cm³/mol. The normalized spacial score (nSPS) is 14.3. The fourth-order valence-corrected chi connectivity index (χ4v) is 4.13. The van der Waals surface area contributed by atoms with Gasteiger partial charge < -0.3 is 10.6 Å². The Labute approximate surface area is 181 Å². The van der Waals surface area contributed by atoms with E-state index in [0.717, 1.165) is 0 Å². The fraction of sp³-hybridized carbons (Fsp3) is 0.158. The number of primary amides is 1. The molecule has 3 N–H and O–H groups in total. The van der Waals surface area contributed by atoms with Gasteiger partial charge in [-0.2, -0.15) is 4.72 Å². The summed E-state index contributed by atoms with van der Waals surface area (Å²) in [5.74, 6) is -3.79. The van der Waals surface area contributed by atoms with Crippen LogP contribution in [0.1, 0.15) is 33.6 Å². The summed E-state index contributed by atoms with van der Waals surface area (Å²) in [6.45, 7) is 0. The second-order valence-corrected chi connectivity index (χ2v) is 8.64. The number of sulfonamides is 1. The molecule has 0 aliphatic carbocycles. The van der Waals surface area contributed by atoms with E-state index in [4.69, 9.17) is 22.2 Å². The van der Waals surface area contributed by atoms with Crippen LogP contribution in [-0.2, 0) is 24.4 Å². The van der Waals surface area contributed by atoms with Crippen molar-refractivity contribution >= 4 is 45.3 Å². The molecule has 12 heteroatoms. The van der Waals surface area contributed by atoms with E-state index in [0.29, 0.717) is 5.02 Å². The van der Waals surface area contributed by atoms with E-state index < -0.39 is 39.8 Å². The molecule has 0 spiro atoms. The van der Waals surface area contributed by atoms with Crippen molar-refractivity contribution < 1.29 is 32.4 Å². The largest absolute Gasteiger partial charge is 0.370 e. The lowest BCUT2D eigenvalue weighted by Crippen LogP contribution is -2.45. The molecule has 31 heavy (non-hydrogen) atoms. The highest BCUT2D eigenvalue weighted by Gasteiger charge is 2.40. The van der Waals surface area contributed by atoms with Crippen LogP contribution in [0.2, 0.25) is 5.02 Å². The van der Waals surface area contributed by atoms with Crippen LogP contribution in [0.4, 0.5) is 0 Å². The van der Waals surface area contributed by atoms with Crippen LogP contribution < -0.4 is 10.5 Å². The molecule has 0 saturated heterocycles. The number of nitrogens with two attached hydrogens (primary N) is 1. The van der Waals surface area contributed by atoms with E-state index in [9.17, 15) is 27.6 Å². The van der Waals surface area contributed by atoms with Gasteiger partial charge in [0.2, 0.25) is 15.9 Å². The number of carbonyl (C=O) groups excluding carboxylic acids is 4. The Morgan fingerprint density at radius 1 is 1.03 bits per heavy atom. The van der Waals surface area contributed by atoms with Crippen molar-refractivity contribution in [2.24, 2.45) is 5.73 Å². The van der Waals surface area contributed by atoms with Gasteiger partial charge in [-0.05, 0) is 42.8 Å². The van der Waals surface area contributed by atoms with Gasteiger partial charge in [0.15, 0.2) is 0 Å². The fourth-order valence-electron chi connectivity index (χ4n) is 2.78. The van der Waals surface area contributed by atoms with Crippen LogP contribution in [0.25, 0.3) is 0 Å². The van der Waals surface area contributed by atoms with Crippen molar-refractivity contribution in [3.63, 3.8) is 0 Å². The molecule has 1 aliphatic heterocycles. The molecule has 1 aliphatic rings. The molecule has 3 amide bonds. The summed E-state index contributed by atoms with van der Waals surface area (Å²) < 4.78 is 27.4. The maximum absolute atomic E-state index is 12.6. The third-order valence-corrected chi connectivity index (χ3v) is 6.06. The van der Waals surface area contributed by atoms with E-state index in [2.05, 4.69) is 4.72 Å². The average Bonchev–Trinajstić information content (AvgIpc) is 2.96.